The van der Waals surface area contributed by atoms with Gasteiger partial charge in [-0.2, -0.15) is 20.2 Å². The lowest BCUT2D eigenvalue weighted by Crippen LogP contribution is -2.15. The topological polar surface area (TPSA) is 110 Å². The van der Waals surface area contributed by atoms with Crippen molar-refractivity contribution in [2.75, 3.05) is 38.9 Å². The van der Waals surface area contributed by atoms with E-state index in [1.807, 2.05) is 0 Å². The predicted octanol–water partition coefficient (Wildman–Crippen LogP) is 1.60. The van der Waals surface area contributed by atoms with Crippen molar-refractivity contribution >= 4 is 23.5 Å². The summed E-state index contributed by atoms with van der Waals surface area (Å²) in [5.41, 5.74) is 6.71. The summed E-state index contributed by atoms with van der Waals surface area (Å²) in [4.78, 5) is 14.0. The van der Waals surface area contributed by atoms with Crippen LogP contribution in [0.3, 0.4) is 0 Å². The summed E-state index contributed by atoms with van der Waals surface area (Å²) in [5, 5.41) is 9.46. The molecule has 0 amide bonds. The second-order valence-corrected chi connectivity index (χ2v) is 5.00. The lowest BCUT2D eigenvalue weighted by atomic mass is 10.1. The molecule has 0 aliphatic rings. The standard InChI is InChI=1S/C16H18N6O2/c1-22(2)16-20-14(19-15(18)21-16)11(9-17)7-10-5-6-12(23-3)13(8-10)24-4/h5-8H,1-4H3,(H2,18,19,20,21). The van der Waals surface area contributed by atoms with E-state index in [-0.39, 0.29) is 17.3 Å². The van der Waals surface area contributed by atoms with Crippen molar-refractivity contribution in [3.63, 3.8) is 0 Å². The molecule has 0 spiro atoms. The number of aromatic nitrogens is 3. The molecule has 0 aliphatic heterocycles. The zero-order valence-corrected chi connectivity index (χ0v) is 13.9. The van der Waals surface area contributed by atoms with Gasteiger partial charge < -0.3 is 20.1 Å². The van der Waals surface area contributed by atoms with Gasteiger partial charge in [0.05, 0.1) is 19.8 Å². The number of rotatable bonds is 5. The van der Waals surface area contributed by atoms with Crippen LogP contribution >= 0.6 is 0 Å². The fraction of sp³-hybridized carbons (Fsp3) is 0.250. The molecular weight excluding hydrogens is 308 g/mol. The van der Waals surface area contributed by atoms with Gasteiger partial charge in [0.25, 0.3) is 0 Å². The molecule has 8 nitrogen and oxygen atoms in total. The Balaban J connectivity index is 2.49. The highest BCUT2D eigenvalue weighted by Crippen LogP contribution is 2.29. The van der Waals surface area contributed by atoms with Crippen molar-refractivity contribution in [1.29, 1.82) is 5.26 Å². The molecule has 0 unspecified atom stereocenters. The van der Waals surface area contributed by atoms with Crippen LogP contribution in [0.15, 0.2) is 18.2 Å². The van der Waals surface area contributed by atoms with E-state index >= 15 is 0 Å². The molecule has 0 bridgehead atoms. The zero-order valence-electron chi connectivity index (χ0n) is 13.9. The maximum atomic E-state index is 9.46. The highest BCUT2D eigenvalue weighted by molar-refractivity contribution is 5.87. The van der Waals surface area contributed by atoms with Gasteiger partial charge in [-0.05, 0) is 23.8 Å². The SMILES string of the molecule is COc1ccc(C=C(C#N)c2nc(N)nc(N(C)C)n2)cc1OC. The summed E-state index contributed by atoms with van der Waals surface area (Å²) in [5.74, 6) is 1.81. The van der Waals surface area contributed by atoms with Crippen molar-refractivity contribution in [2.45, 2.75) is 0 Å². The molecule has 8 heteroatoms. The Morgan fingerprint density at radius 2 is 1.88 bits per heavy atom. The number of hydrogen-bond acceptors (Lipinski definition) is 8. The molecule has 24 heavy (non-hydrogen) atoms. The van der Waals surface area contributed by atoms with Crippen LogP contribution in [0, 0.1) is 11.3 Å². The Hall–Kier alpha value is -3.34. The first-order valence-corrected chi connectivity index (χ1v) is 7.01. The Kier molecular flexibility index (Phi) is 5.16. The van der Waals surface area contributed by atoms with Gasteiger partial charge in [0.1, 0.15) is 6.07 Å². The summed E-state index contributed by atoms with van der Waals surface area (Å²) in [7, 11) is 6.67. The summed E-state index contributed by atoms with van der Waals surface area (Å²) < 4.78 is 10.5. The lowest BCUT2D eigenvalue weighted by molar-refractivity contribution is 0.355. The Bertz CT molecular complexity index is 811. The van der Waals surface area contributed by atoms with Gasteiger partial charge >= 0.3 is 0 Å². The first-order valence-electron chi connectivity index (χ1n) is 7.01. The lowest BCUT2D eigenvalue weighted by Gasteiger charge is -2.11. The molecule has 0 atom stereocenters. The van der Waals surface area contributed by atoms with Crippen molar-refractivity contribution in [1.82, 2.24) is 15.0 Å². The Morgan fingerprint density at radius 1 is 1.17 bits per heavy atom. The quantitative estimate of drug-likeness (QED) is 0.825. The van der Waals surface area contributed by atoms with E-state index in [4.69, 9.17) is 15.2 Å². The molecule has 1 heterocycles. The third kappa shape index (κ3) is 3.70. The molecule has 0 saturated carbocycles. The van der Waals surface area contributed by atoms with Gasteiger partial charge in [0, 0.05) is 14.1 Å². The minimum absolute atomic E-state index is 0.0529. The van der Waals surface area contributed by atoms with Crippen LogP contribution in [0.2, 0.25) is 0 Å². The molecule has 0 radical (unpaired) electrons. The van der Waals surface area contributed by atoms with E-state index in [0.717, 1.165) is 5.56 Å². The second-order valence-electron chi connectivity index (χ2n) is 5.00. The van der Waals surface area contributed by atoms with Gasteiger partial charge in [-0.25, -0.2) is 0 Å². The van der Waals surface area contributed by atoms with Gasteiger partial charge in [-0.3, -0.25) is 0 Å². The normalized spacial score (nSPS) is 10.9. The molecule has 1 aromatic carbocycles. The van der Waals surface area contributed by atoms with Gasteiger partial charge in [-0.1, -0.05) is 6.07 Å². The third-order valence-corrected chi connectivity index (χ3v) is 3.12. The van der Waals surface area contributed by atoms with Crippen molar-refractivity contribution in [2.24, 2.45) is 0 Å². The number of methoxy groups -OCH3 is 2. The summed E-state index contributed by atoms with van der Waals surface area (Å²) >= 11 is 0. The molecule has 0 fully saturated rings. The van der Waals surface area contributed by atoms with E-state index in [9.17, 15) is 5.26 Å². The predicted molar refractivity (Wildman–Crippen MR) is 91.6 cm³/mol. The average Bonchev–Trinajstić information content (AvgIpc) is 2.58. The van der Waals surface area contributed by atoms with Crippen molar-refractivity contribution in [3.05, 3.63) is 29.6 Å². The van der Waals surface area contributed by atoms with Crippen LogP contribution in [0.1, 0.15) is 11.4 Å². The summed E-state index contributed by atoms with van der Waals surface area (Å²) in [6.45, 7) is 0. The largest absolute Gasteiger partial charge is 0.493 e. The van der Waals surface area contributed by atoms with Gasteiger partial charge in [-0.15, -0.1) is 0 Å². The van der Waals surface area contributed by atoms with Crippen molar-refractivity contribution < 1.29 is 9.47 Å². The minimum atomic E-state index is 0.0529. The van der Waals surface area contributed by atoms with Crippen LogP contribution in [0.5, 0.6) is 11.5 Å². The number of benzene rings is 1. The van der Waals surface area contributed by atoms with E-state index < -0.39 is 0 Å². The van der Waals surface area contributed by atoms with E-state index in [0.29, 0.717) is 17.4 Å². The maximum absolute atomic E-state index is 9.46. The molecule has 0 aliphatic carbocycles. The average molecular weight is 326 g/mol. The van der Waals surface area contributed by atoms with E-state index in [1.165, 1.54) is 0 Å². The van der Waals surface area contributed by atoms with Crippen molar-refractivity contribution in [3.8, 4) is 17.6 Å². The molecule has 124 valence electrons. The zero-order chi connectivity index (χ0) is 17.7. The smallest absolute Gasteiger partial charge is 0.230 e. The molecule has 0 saturated heterocycles. The van der Waals surface area contributed by atoms with Gasteiger partial charge in [0.2, 0.25) is 11.9 Å². The number of ether oxygens (including phenoxy) is 2. The van der Waals surface area contributed by atoms with Crippen LogP contribution in [0.4, 0.5) is 11.9 Å². The van der Waals surface area contributed by atoms with Crippen LogP contribution in [-0.2, 0) is 0 Å². The number of anilines is 2. The first-order chi connectivity index (χ1) is 11.5. The monoisotopic (exact) mass is 326 g/mol. The highest BCUT2D eigenvalue weighted by Gasteiger charge is 2.11. The van der Waals surface area contributed by atoms with Crippen LogP contribution in [0.25, 0.3) is 11.6 Å². The fourth-order valence-corrected chi connectivity index (χ4v) is 1.96. The Labute approximate surface area is 140 Å². The Morgan fingerprint density at radius 3 is 2.46 bits per heavy atom. The second kappa shape index (κ2) is 7.28. The molecule has 1 aromatic heterocycles. The molecular formula is C16H18N6O2. The fourth-order valence-electron chi connectivity index (χ4n) is 1.96. The number of nitrogens with two attached hydrogens (primary N) is 1. The minimum Gasteiger partial charge on any atom is -0.493 e. The van der Waals surface area contributed by atoms with E-state index in [1.54, 1.807) is 57.5 Å². The number of nitrogens with zero attached hydrogens (tertiary/aromatic N) is 5. The highest BCUT2D eigenvalue weighted by atomic mass is 16.5. The molecule has 2 N–H and O–H groups in total. The van der Waals surface area contributed by atoms with E-state index in [2.05, 4.69) is 21.0 Å². The first kappa shape index (κ1) is 17.0. The number of hydrogen-bond donors (Lipinski definition) is 1. The number of nitrogen functional groups attached to an aromatic ring is 1. The van der Waals surface area contributed by atoms with Gasteiger partial charge in [0.15, 0.2) is 17.3 Å². The number of allylic oxidation sites excluding steroid dienone is 1. The van der Waals surface area contributed by atoms with Crippen LogP contribution in [-0.4, -0.2) is 43.3 Å². The maximum Gasteiger partial charge on any atom is 0.230 e. The summed E-state index contributed by atoms with van der Waals surface area (Å²) in [6, 6.07) is 7.40. The third-order valence-electron chi connectivity index (χ3n) is 3.12. The molecule has 2 rings (SSSR count). The number of nitriles is 1. The van der Waals surface area contributed by atoms with Crippen LogP contribution < -0.4 is 20.1 Å². The summed E-state index contributed by atoms with van der Waals surface area (Å²) in [6.07, 6.45) is 1.65. The molecule has 2 aromatic rings.